The van der Waals surface area contributed by atoms with Gasteiger partial charge in [-0.2, -0.15) is 0 Å². The second-order valence-corrected chi connectivity index (χ2v) is 4.14. The highest BCUT2D eigenvalue weighted by atomic mass is 16.5. The highest BCUT2D eigenvalue weighted by Gasteiger charge is 2.15. The minimum atomic E-state index is -0.0180. The fourth-order valence-corrected chi connectivity index (χ4v) is 1.75. The van der Waals surface area contributed by atoms with Crippen LogP contribution < -0.4 is 9.64 Å². The molecule has 0 aliphatic heterocycles. The van der Waals surface area contributed by atoms with Crippen LogP contribution >= 0.6 is 0 Å². The maximum absolute atomic E-state index is 11.9. The van der Waals surface area contributed by atoms with Crippen molar-refractivity contribution in [1.82, 2.24) is 0 Å². The van der Waals surface area contributed by atoms with Crippen LogP contribution in [0.4, 0.5) is 5.69 Å². The average Bonchev–Trinajstić information content (AvgIpc) is 2.43. The molecular weight excluding hydrogens is 230 g/mol. The molecule has 0 saturated heterocycles. The number of hydrogen-bond acceptors (Lipinski definition) is 3. The molecule has 1 N–H and O–H groups in total. The van der Waals surface area contributed by atoms with Gasteiger partial charge in [0.05, 0.1) is 12.8 Å². The standard InChI is InChI=1S/C14H21NO3/c1-4-11-7-8-13(18-3)12(10-11)15(2)14(17)6-5-9-16/h7-8,10,16H,4-6,9H2,1-3H3. The van der Waals surface area contributed by atoms with Crippen molar-refractivity contribution in [2.45, 2.75) is 26.2 Å². The van der Waals surface area contributed by atoms with Crippen molar-refractivity contribution in [1.29, 1.82) is 0 Å². The fraction of sp³-hybridized carbons (Fsp3) is 0.500. The van der Waals surface area contributed by atoms with Crippen molar-refractivity contribution in [3.63, 3.8) is 0 Å². The predicted octanol–water partition coefficient (Wildman–Crippen LogP) is 1.99. The molecule has 0 heterocycles. The molecule has 0 fully saturated rings. The van der Waals surface area contributed by atoms with Crippen LogP contribution in [-0.2, 0) is 11.2 Å². The Hall–Kier alpha value is -1.55. The molecule has 0 aliphatic carbocycles. The smallest absolute Gasteiger partial charge is 0.226 e. The molecule has 4 nitrogen and oxygen atoms in total. The van der Waals surface area contributed by atoms with Crippen LogP contribution in [-0.4, -0.2) is 31.8 Å². The monoisotopic (exact) mass is 251 g/mol. The van der Waals surface area contributed by atoms with Gasteiger partial charge in [0.25, 0.3) is 0 Å². The molecule has 1 aromatic carbocycles. The molecule has 0 unspecified atom stereocenters. The van der Waals surface area contributed by atoms with Gasteiger partial charge in [-0.15, -0.1) is 0 Å². The second-order valence-electron chi connectivity index (χ2n) is 4.14. The Balaban J connectivity index is 2.94. The minimum absolute atomic E-state index is 0.0180. The molecule has 18 heavy (non-hydrogen) atoms. The lowest BCUT2D eigenvalue weighted by Gasteiger charge is -2.20. The lowest BCUT2D eigenvalue weighted by atomic mass is 10.1. The summed E-state index contributed by atoms with van der Waals surface area (Å²) in [6, 6.07) is 5.84. The van der Waals surface area contributed by atoms with Gasteiger partial charge >= 0.3 is 0 Å². The van der Waals surface area contributed by atoms with E-state index < -0.39 is 0 Å². The van der Waals surface area contributed by atoms with Crippen molar-refractivity contribution < 1.29 is 14.6 Å². The largest absolute Gasteiger partial charge is 0.495 e. The lowest BCUT2D eigenvalue weighted by Crippen LogP contribution is -2.26. The molecular formula is C14H21NO3. The lowest BCUT2D eigenvalue weighted by molar-refractivity contribution is -0.118. The van der Waals surface area contributed by atoms with Crippen molar-refractivity contribution in [3.05, 3.63) is 23.8 Å². The van der Waals surface area contributed by atoms with Gasteiger partial charge in [0.2, 0.25) is 5.91 Å². The Morgan fingerprint density at radius 1 is 1.44 bits per heavy atom. The summed E-state index contributed by atoms with van der Waals surface area (Å²) >= 11 is 0. The van der Waals surface area contributed by atoms with Gasteiger partial charge in [-0.1, -0.05) is 13.0 Å². The second kappa shape index (κ2) is 7.01. The number of benzene rings is 1. The van der Waals surface area contributed by atoms with Gasteiger partial charge in [0.15, 0.2) is 0 Å². The summed E-state index contributed by atoms with van der Waals surface area (Å²) in [5.41, 5.74) is 1.94. The maximum atomic E-state index is 11.9. The number of aryl methyl sites for hydroxylation is 1. The predicted molar refractivity (Wildman–Crippen MR) is 72.1 cm³/mol. The molecule has 0 aliphatic rings. The Morgan fingerprint density at radius 3 is 2.72 bits per heavy atom. The summed E-state index contributed by atoms with van der Waals surface area (Å²) in [5.74, 6) is 0.669. The molecule has 0 bridgehead atoms. The Kier molecular flexibility index (Phi) is 5.65. The molecule has 0 radical (unpaired) electrons. The summed E-state index contributed by atoms with van der Waals surface area (Å²) in [6.07, 6.45) is 1.74. The van der Waals surface area contributed by atoms with Gasteiger partial charge in [0.1, 0.15) is 5.75 Å². The number of aliphatic hydroxyl groups is 1. The van der Waals surface area contributed by atoms with E-state index in [1.54, 1.807) is 19.1 Å². The topological polar surface area (TPSA) is 49.8 Å². The maximum Gasteiger partial charge on any atom is 0.226 e. The number of carbonyl (C=O) groups is 1. The van der Waals surface area contributed by atoms with E-state index in [9.17, 15) is 4.79 Å². The zero-order chi connectivity index (χ0) is 13.5. The van der Waals surface area contributed by atoms with Gasteiger partial charge in [-0.3, -0.25) is 4.79 Å². The van der Waals surface area contributed by atoms with Crippen LogP contribution in [0.3, 0.4) is 0 Å². The molecule has 0 aromatic heterocycles. The average molecular weight is 251 g/mol. The molecule has 0 spiro atoms. The quantitative estimate of drug-likeness (QED) is 0.841. The summed E-state index contributed by atoms with van der Waals surface area (Å²) in [6.45, 7) is 2.10. The first-order valence-corrected chi connectivity index (χ1v) is 6.18. The molecule has 0 atom stereocenters. The van der Waals surface area contributed by atoms with Gasteiger partial charge in [-0.05, 0) is 30.5 Å². The van der Waals surface area contributed by atoms with E-state index >= 15 is 0 Å². The Bertz CT molecular complexity index is 404. The van der Waals surface area contributed by atoms with Crippen LogP contribution in [0.5, 0.6) is 5.75 Å². The highest BCUT2D eigenvalue weighted by molar-refractivity contribution is 5.94. The summed E-state index contributed by atoms with van der Waals surface area (Å²) in [7, 11) is 3.33. The van der Waals surface area contributed by atoms with Crippen LogP contribution in [0, 0.1) is 0 Å². The van der Waals surface area contributed by atoms with Gasteiger partial charge in [0, 0.05) is 20.1 Å². The zero-order valence-electron chi connectivity index (χ0n) is 11.3. The van der Waals surface area contributed by atoms with Crippen LogP contribution in [0.25, 0.3) is 0 Å². The summed E-state index contributed by atoms with van der Waals surface area (Å²) < 4.78 is 5.28. The fourth-order valence-electron chi connectivity index (χ4n) is 1.75. The van der Waals surface area contributed by atoms with Crippen LogP contribution in [0.1, 0.15) is 25.3 Å². The number of ether oxygens (including phenoxy) is 1. The van der Waals surface area contributed by atoms with Crippen LogP contribution in [0.2, 0.25) is 0 Å². The number of methoxy groups -OCH3 is 1. The molecule has 0 saturated carbocycles. The number of hydrogen-bond donors (Lipinski definition) is 1. The number of amides is 1. The third-order valence-corrected chi connectivity index (χ3v) is 2.94. The number of nitrogens with zero attached hydrogens (tertiary/aromatic N) is 1. The first-order valence-electron chi connectivity index (χ1n) is 6.18. The van der Waals surface area contributed by atoms with Crippen LogP contribution in [0.15, 0.2) is 18.2 Å². The normalized spacial score (nSPS) is 10.2. The first kappa shape index (κ1) is 14.5. The van der Waals surface area contributed by atoms with E-state index in [-0.39, 0.29) is 12.5 Å². The Morgan fingerprint density at radius 2 is 2.17 bits per heavy atom. The molecule has 1 aromatic rings. The molecule has 1 amide bonds. The van der Waals surface area contributed by atoms with Crippen molar-refractivity contribution in [3.8, 4) is 5.75 Å². The molecule has 100 valence electrons. The van der Waals surface area contributed by atoms with E-state index in [2.05, 4.69) is 6.92 Å². The minimum Gasteiger partial charge on any atom is -0.495 e. The van der Waals surface area contributed by atoms with Crippen molar-refractivity contribution in [2.75, 3.05) is 25.7 Å². The van der Waals surface area contributed by atoms with Crippen molar-refractivity contribution in [2.24, 2.45) is 0 Å². The number of anilines is 1. The number of rotatable bonds is 6. The molecule has 1 rings (SSSR count). The third-order valence-electron chi connectivity index (χ3n) is 2.94. The van der Waals surface area contributed by atoms with E-state index in [0.29, 0.717) is 18.6 Å². The van der Waals surface area contributed by atoms with E-state index in [1.807, 2.05) is 18.2 Å². The van der Waals surface area contributed by atoms with E-state index in [0.717, 1.165) is 17.7 Å². The summed E-state index contributed by atoms with van der Waals surface area (Å²) in [4.78, 5) is 13.5. The number of aliphatic hydroxyl groups excluding tert-OH is 1. The molecule has 4 heteroatoms. The zero-order valence-corrected chi connectivity index (χ0v) is 11.3. The summed E-state index contributed by atoms with van der Waals surface area (Å²) in [5, 5.41) is 8.75. The van der Waals surface area contributed by atoms with E-state index in [1.165, 1.54) is 0 Å². The SMILES string of the molecule is CCc1ccc(OC)c(N(C)C(=O)CCCO)c1. The van der Waals surface area contributed by atoms with E-state index in [4.69, 9.17) is 9.84 Å². The first-order chi connectivity index (χ1) is 8.63. The Labute approximate surface area is 108 Å². The number of carbonyl (C=O) groups excluding carboxylic acids is 1. The van der Waals surface area contributed by atoms with Gasteiger partial charge in [-0.25, -0.2) is 0 Å². The van der Waals surface area contributed by atoms with Crippen molar-refractivity contribution >= 4 is 11.6 Å². The highest BCUT2D eigenvalue weighted by Crippen LogP contribution is 2.29. The van der Waals surface area contributed by atoms with Gasteiger partial charge < -0.3 is 14.7 Å². The third kappa shape index (κ3) is 3.47.